The van der Waals surface area contributed by atoms with Crippen molar-refractivity contribution in [2.24, 2.45) is 5.84 Å². The number of rotatable bonds is 5. The minimum absolute atomic E-state index is 0.0332. The number of nitrogens with one attached hydrogen (secondary N) is 1. The lowest BCUT2D eigenvalue weighted by atomic mass is 10.2. The first-order valence-corrected chi connectivity index (χ1v) is 5.48. The molecular weight excluding hydrogens is 248 g/mol. The third kappa shape index (κ3) is 3.39. The summed E-state index contributed by atoms with van der Waals surface area (Å²) in [5.41, 5.74) is 3.37. The van der Waals surface area contributed by atoms with Gasteiger partial charge >= 0.3 is 0 Å². The maximum atomic E-state index is 10.5. The van der Waals surface area contributed by atoms with Crippen LogP contribution in [0.2, 0.25) is 0 Å². The van der Waals surface area contributed by atoms with E-state index in [0.717, 1.165) is 5.56 Å². The number of nitro benzene ring substituents is 1. The van der Waals surface area contributed by atoms with Crippen LogP contribution in [0.1, 0.15) is 5.56 Å². The van der Waals surface area contributed by atoms with Crippen LogP contribution >= 0.6 is 0 Å². The number of aromatic nitrogens is 1. The Hall–Kier alpha value is -2.67. The van der Waals surface area contributed by atoms with Gasteiger partial charge in [-0.15, -0.1) is 0 Å². The Morgan fingerprint density at radius 3 is 2.68 bits per heavy atom. The zero-order chi connectivity index (χ0) is 13.7. The molecule has 19 heavy (non-hydrogen) atoms. The number of hydrogen-bond donors (Lipinski definition) is 2. The van der Waals surface area contributed by atoms with Gasteiger partial charge in [0, 0.05) is 18.3 Å². The number of nitro groups is 1. The quantitative estimate of drug-likeness (QED) is 0.483. The molecule has 0 saturated heterocycles. The molecule has 0 unspecified atom stereocenters. The zero-order valence-corrected chi connectivity index (χ0v) is 9.95. The fraction of sp³-hybridized carbons (Fsp3) is 0.0833. The lowest BCUT2D eigenvalue weighted by molar-refractivity contribution is -0.384. The van der Waals surface area contributed by atoms with Crippen molar-refractivity contribution in [1.82, 2.24) is 4.98 Å². The molecule has 1 heterocycles. The standard InChI is InChI=1S/C12H12N4O3/c13-15-12-7-9(5-6-14-12)8-19-11-3-1-10(2-4-11)16(17)18/h1-7H,8,13H2,(H,14,15). The highest BCUT2D eigenvalue weighted by atomic mass is 16.6. The van der Waals surface area contributed by atoms with E-state index in [1.165, 1.54) is 12.1 Å². The number of benzene rings is 1. The van der Waals surface area contributed by atoms with Crippen molar-refractivity contribution in [2.75, 3.05) is 5.43 Å². The number of nitrogen functional groups attached to an aromatic ring is 1. The minimum atomic E-state index is -0.453. The van der Waals surface area contributed by atoms with Gasteiger partial charge < -0.3 is 10.2 Å². The molecule has 0 aliphatic rings. The number of pyridine rings is 1. The van der Waals surface area contributed by atoms with Gasteiger partial charge in [-0.3, -0.25) is 10.1 Å². The Morgan fingerprint density at radius 1 is 1.32 bits per heavy atom. The van der Waals surface area contributed by atoms with Crippen LogP contribution in [-0.2, 0) is 6.61 Å². The topological polar surface area (TPSA) is 103 Å². The molecule has 98 valence electrons. The van der Waals surface area contributed by atoms with E-state index >= 15 is 0 Å². The smallest absolute Gasteiger partial charge is 0.269 e. The summed E-state index contributed by atoms with van der Waals surface area (Å²) in [5, 5.41) is 10.5. The minimum Gasteiger partial charge on any atom is -0.489 e. The zero-order valence-electron chi connectivity index (χ0n) is 9.95. The SMILES string of the molecule is NNc1cc(COc2ccc([N+](=O)[O-])cc2)ccn1. The Kier molecular flexibility index (Phi) is 3.89. The molecule has 0 atom stereocenters. The van der Waals surface area contributed by atoms with Crippen LogP contribution in [0.3, 0.4) is 0 Å². The number of nitrogens with zero attached hydrogens (tertiary/aromatic N) is 2. The average Bonchev–Trinajstić information content (AvgIpc) is 2.46. The summed E-state index contributed by atoms with van der Waals surface area (Å²) in [6, 6.07) is 9.46. The summed E-state index contributed by atoms with van der Waals surface area (Å²) >= 11 is 0. The van der Waals surface area contributed by atoms with Gasteiger partial charge in [0.2, 0.25) is 0 Å². The van der Waals surface area contributed by atoms with Crippen molar-refractivity contribution >= 4 is 11.5 Å². The number of anilines is 1. The van der Waals surface area contributed by atoms with E-state index in [1.54, 1.807) is 30.5 Å². The van der Waals surface area contributed by atoms with Crippen LogP contribution in [0, 0.1) is 10.1 Å². The molecule has 0 bridgehead atoms. The van der Waals surface area contributed by atoms with Crippen molar-refractivity contribution in [3.05, 3.63) is 58.3 Å². The van der Waals surface area contributed by atoms with Gasteiger partial charge in [-0.05, 0) is 29.8 Å². The van der Waals surface area contributed by atoms with Gasteiger partial charge in [0.15, 0.2) is 0 Å². The Balaban J connectivity index is 1.99. The van der Waals surface area contributed by atoms with Gasteiger partial charge in [-0.1, -0.05) is 0 Å². The summed E-state index contributed by atoms with van der Waals surface area (Å²) in [4.78, 5) is 14.0. The molecule has 1 aromatic heterocycles. The van der Waals surface area contributed by atoms with Crippen molar-refractivity contribution in [3.63, 3.8) is 0 Å². The monoisotopic (exact) mass is 260 g/mol. The predicted molar refractivity (Wildman–Crippen MR) is 69.5 cm³/mol. The third-order valence-corrected chi connectivity index (χ3v) is 2.43. The second-order valence-electron chi connectivity index (χ2n) is 3.73. The second-order valence-corrected chi connectivity index (χ2v) is 3.73. The van der Waals surface area contributed by atoms with E-state index in [4.69, 9.17) is 10.6 Å². The van der Waals surface area contributed by atoms with Gasteiger partial charge in [-0.25, -0.2) is 10.8 Å². The molecule has 7 heteroatoms. The Morgan fingerprint density at radius 2 is 2.05 bits per heavy atom. The fourth-order valence-electron chi connectivity index (χ4n) is 1.47. The molecule has 2 aromatic rings. The van der Waals surface area contributed by atoms with Gasteiger partial charge in [-0.2, -0.15) is 0 Å². The maximum Gasteiger partial charge on any atom is 0.269 e. The van der Waals surface area contributed by atoms with Crippen LogP contribution in [0.25, 0.3) is 0 Å². The molecule has 7 nitrogen and oxygen atoms in total. The van der Waals surface area contributed by atoms with Crippen LogP contribution in [0.4, 0.5) is 11.5 Å². The van der Waals surface area contributed by atoms with E-state index in [9.17, 15) is 10.1 Å². The van der Waals surface area contributed by atoms with E-state index < -0.39 is 4.92 Å². The molecular formula is C12H12N4O3. The van der Waals surface area contributed by atoms with Crippen molar-refractivity contribution in [3.8, 4) is 5.75 Å². The lowest BCUT2D eigenvalue weighted by Gasteiger charge is -2.07. The molecule has 0 saturated carbocycles. The third-order valence-electron chi connectivity index (χ3n) is 2.43. The fourth-order valence-corrected chi connectivity index (χ4v) is 1.47. The normalized spacial score (nSPS) is 9.95. The summed E-state index contributed by atoms with van der Waals surface area (Å²) in [5.74, 6) is 6.36. The molecule has 0 radical (unpaired) electrons. The molecule has 1 aromatic carbocycles. The largest absolute Gasteiger partial charge is 0.489 e. The highest BCUT2D eigenvalue weighted by Crippen LogP contribution is 2.18. The molecule has 2 rings (SSSR count). The summed E-state index contributed by atoms with van der Waals surface area (Å²) in [7, 11) is 0. The number of non-ortho nitro benzene ring substituents is 1. The van der Waals surface area contributed by atoms with Crippen LogP contribution in [0.5, 0.6) is 5.75 Å². The molecule has 0 amide bonds. The number of ether oxygens (including phenoxy) is 1. The van der Waals surface area contributed by atoms with Crippen molar-refractivity contribution < 1.29 is 9.66 Å². The van der Waals surface area contributed by atoms with Gasteiger partial charge in [0.25, 0.3) is 5.69 Å². The molecule has 0 spiro atoms. The average molecular weight is 260 g/mol. The summed E-state index contributed by atoms with van der Waals surface area (Å²) < 4.78 is 5.51. The van der Waals surface area contributed by atoms with E-state index in [-0.39, 0.29) is 5.69 Å². The first-order valence-electron chi connectivity index (χ1n) is 5.48. The van der Waals surface area contributed by atoms with Gasteiger partial charge in [0.1, 0.15) is 18.2 Å². The highest BCUT2D eigenvalue weighted by Gasteiger charge is 2.04. The lowest BCUT2D eigenvalue weighted by Crippen LogP contribution is -2.09. The molecule has 0 aliphatic heterocycles. The predicted octanol–water partition coefficient (Wildman–Crippen LogP) is 1.85. The molecule has 3 N–H and O–H groups in total. The summed E-state index contributed by atoms with van der Waals surface area (Å²) in [6.45, 7) is 0.328. The maximum absolute atomic E-state index is 10.5. The first-order chi connectivity index (χ1) is 9.19. The van der Waals surface area contributed by atoms with Crippen molar-refractivity contribution in [1.29, 1.82) is 0 Å². The van der Waals surface area contributed by atoms with E-state index in [2.05, 4.69) is 10.4 Å². The van der Waals surface area contributed by atoms with Crippen molar-refractivity contribution in [2.45, 2.75) is 6.61 Å². The van der Waals surface area contributed by atoms with E-state index in [1.807, 2.05) is 0 Å². The van der Waals surface area contributed by atoms with Crippen LogP contribution in [0.15, 0.2) is 42.6 Å². The van der Waals surface area contributed by atoms with Gasteiger partial charge in [0.05, 0.1) is 4.92 Å². The molecule has 0 fully saturated rings. The number of hydrogen-bond acceptors (Lipinski definition) is 6. The highest BCUT2D eigenvalue weighted by molar-refractivity contribution is 5.37. The van der Waals surface area contributed by atoms with E-state index in [0.29, 0.717) is 18.2 Å². The Labute approximate surface area is 109 Å². The van der Waals surface area contributed by atoms with Crippen LogP contribution in [-0.4, -0.2) is 9.91 Å². The van der Waals surface area contributed by atoms with Crippen LogP contribution < -0.4 is 16.0 Å². The summed E-state index contributed by atoms with van der Waals surface area (Å²) in [6.07, 6.45) is 1.61. The second kappa shape index (κ2) is 5.78. The Bertz CT molecular complexity index is 571. The molecule has 0 aliphatic carbocycles. The number of nitrogens with two attached hydrogens (primary N) is 1. The first kappa shape index (κ1) is 12.8. The number of hydrazine groups is 1.